The number of epoxide rings is 1. The predicted octanol–water partition coefficient (Wildman–Crippen LogP) is 4.18. The van der Waals surface area contributed by atoms with Crippen LogP contribution in [0.15, 0.2) is 11.6 Å². The first-order chi connectivity index (χ1) is 13.7. The van der Waals surface area contributed by atoms with Gasteiger partial charge in [0.25, 0.3) is 0 Å². The van der Waals surface area contributed by atoms with E-state index in [0.717, 1.165) is 25.7 Å². The van der Waals surface area contributed by atoms with E-state index < -0.39 is 0 Å². The molecule has 1 unspecified atom stereocenters. The van der Waals surface area contributed by atoms with Crippen molar-refractivity contribution in [1.82, 2.24) is 0 Å². The fourth-order valence-corrected chi connectivity index (χ4v) is 8.78. The molecule has 0 aromatic rings. The van der Waals surface area contributed by atoms with Crippen LogP contribution in [0.25, 0.3) is 0 Å². The number of hydrogen-bond donors (Lipinski definition) is 0. The molecule has 1 aliphatic heterocycles. The van der Waals surface area contributed by atoms with Crippen molar-refractivity contribution in [2.45, 2.75) is 78.6 Å². The quantitative estimate of drug-likeness (QED) is 0.517. The summed E-state index contributed by atoms with van der Waals surface area (Å²) in [7, 11) is 0. The van der Waals surface area contributed by atoms with Crippen molar-refractivity contribution in [3.63, 3.8) is 0 Å². The molecule has 0 aromatic heterocycles. The van der Waals surface area contributed by atoms with Gasteiger partial charge in [-0.3, -0.25) is 9.59 Å². The molecule has 1 saturated heterocycles. The monoisotopic (exact) mass is 398 g/mol. The summed E-state index contributed by atoms with van der Waals surface area (Å²) in [5, 5.41) is 0. The van der Waals surface area contributed by atoms with Crippen LogP contribution in [0.3, 0.4) is 0 Å². The van der Waals surface area contributed by atoms with E-state index >= 15 is 0 Å². The highest BCUT2D eigenvalue weighted by Crippen LogP contribution is 2.74. The van der Waals surface area contributed by atoms with Crippen molar-refractivity contribution in [2.24, 2.45) is 52.3 Å². The average Bonchev–Trinajstić information content (AvgIpc) is 3.54. The smallest absolute Gasteiger partial charge is 0.302 e. The maximum absolute atomic E-state index is 12.5. The molecule has 4 nitrogen and oxygen atoms in total. The highest BCUT2D eigenvalue weighted by molar-refractivity contribution is 5.96. The van der Waals surface area contributed by atoms with Crippen LogP contribution in [0.1, 0.15) is 60.3 Å². The lowest BCUT2D eigenvalue weighted by atomic mass is 9.47. The highest BCUT2D eigenvalue weighted by Gasteiger charge is 2.74. The van der Waals surface area contributed by atoms with Crippen molar-refractivity contribution in [3.05, 3.63) is 11.6 Å². The zero-order valence-corrected chi connectivity index (χ0v) is 18.3. The molecular formula is C25H34O4. The lowest BCUT2D eigenvalue weighted by molar-refractivity contribution is -0.161. The molecule has 29 heavy (non-hydrogen) atoms. The fourth-order valence-electron chi connectivity index (χ4n) is 8.78. The minimum Gasteiger partial charge on any atom is -0.462 e. The second kappa shape index (κ2) is 5.55. The van der Waals surface area contributed by atoms with Gasteiger partial charge in [0.1, 0.15) is 12.2 Å². The number of carbonyl (C=O) groups excluding carboxylic acids is 2. The van der Waals surface area contributed by atoms with Gasteiger partial charge in [-0.15, -0.1) is 0 Å². The van der Waals surface area contributed by atoms with Crippen LogP contribution in [0.4, 0.5) is 0 Å². The van der Waals surface area contributed by atoms with Crippen molar-refractivity contribution < 1.29 is 19.1 Å². The van der Waals surface area contributed by atoms with Gasteiger partial charge in [-0.1, -0.05) is 27.7 Å². The maximum atomic E-state index is 12.5. The number of carbonyl (C=O) groups is 2. The first-order valence-corrected chi connectivity index (χ1v) is 11.8. The van der Waals surface area contributed by atoms with E-state index in [1.54, 1.807) is 6.92 Å². The summed E-state index contributed by atoms with van der Waals surface area (Å²) in [6.07, 6.45) is 6.94. The Bertz CT molecular complexity index is 829. The molecule has 4 saturated carbocycles. The van der Waals surface area contributed by atoms with E-state index in [4.69, 9.17) is 9.47 Å². The van der Waals surface area contributed by atoms with E-state index in [1.807, 2.05) is 6.08 Å². The molecule has 0 bridgehead atoms. The molecule has 158 valence electrons. The first kappa shape index (κ1) is 18.6. The van der Waals surface area contributed by atoms with E-state index in [0.29, 0.717) is 41.3 Å². The Balaban J connectivity index is 1.40. The number of ether oxygens (including phenoxy) is 2. The SMILES string of the molecule is CC(=O)O[C@H]1[C@@H](C(C)C)C[C@H]2[C@@H]3[C@@H]4O[C@@H]4C4=CC(=O)[C@@H]5CC5[C@]4(C)[C@H]3CC[C@@]21C. The molecule has 1 heterocycles. The minimum absolute atomic E-state index is 0.0227. The molecule has 5 fully saturated rings. The Morgan fingerprint density at radius 2 is 1.97 bits per heavy atom. The van der Waals surface area contributed by atoms with Gasteiger partial charge in [0.15, 0.2) is 5.78 Å². The van der Waals surface area contributed by atoms with Crippen LogP contribution in [-0.4, -0.2) is 30.1 Å². The van der Waals surface area contributed by atoms with Gasteiger partial charge in [-0.05, 0) is 78.3 Å². The molecule has 0 N–H and O–H groups in total. The summed E-state index contributed by atoms with van der Waals surface area (Å²) in [4.78, 5) is 24.4. The van der Waals surface area contributed by atoms with Crippen LogP contribution in [0.5, 0.6) is 0 Å². The lowest BCUT2D eigenvalue weighted by Gasteiger charge is -2.56. The standard InChI is InChI=1S/C25H34O4/c1-11(2)13-8-17-20-15(6-7-24(17,4)23(13)28-12(3)26)25(5)16-9-14(16)19(27)10-18(25)21-22(20)29-21/h10-11,13-17,20-23H,6-9H2,1-5H3/t13-,14-,15+,16?,17+,20-,21-,22+,23+,24+,25+/m1/s1. The molecule has 0 aromatic carbocycles. The van der Waals surface area contributed by atoms with Gasteiger partial charge in [0.05, 0.1) is 6.10 Å². The summed E-state index contributed by atoms with van der Waals surface area (Å²) < 4.78 is 12.4. The van der Waals surface area contributed by atoms with E-state index in [9.17, 15) is 9.59 Å². The zero-order chi connectivity index (χ0) is 20.5. The van der Waals surface area contributed by atoms with Crippen LogP contribution in [0, 0.1) is 52.3 Å². The largest absolute Gasteiger partial charge is 0.462 e. The molecule has 4 heteroatoms. The molecule has 5 aliphatic carbocycles. The Labute approximate surface area is 173 Å². The summed E-state index contributed by atoms with van der Waals surface area (Å²) in [5.74, 6) is 3.63. The third kappa shape index (κ3) is 2.20. The Hall–Kier alpha value is -1.16. The first-order valence-electron chi connectivity index (χ1n) is 11.8. The van der Waals surface area contributed by atoms with Gasteiger partial charge >= 0.3 is 5.97 Å². The highest BCUT2D eigenvalue weighted by atomic mass is 16.6. The van der Waals surface area contributed by atoms with Crippen LogP contribution in [0.2, 0.25) is 0 Å². The molecule has 11 atom stereocenters. The van der Waals surface area contributed by atoms with Gasteiger partial charge in [0, 0.05) is 18.3 Å². The Morgan fingerprint density at radius 1 is 1.21 bits per heavy atom. The topological polar surface area (TPSA) is 55.9 Å². The van der Waals surface area contributed by atoms with Crippen molar-refractivity contribution in [2.75, 3.05) is 0 Å². The number of fused-ring (bicyclic) bond motifs is 10. The third-order valence-electron chi connectivity index (χ3n) is 10.3. The molecule has 6 rings (SSSR count). The van der Waals surface area contributed by atoms with E-state index in [-0.39, 0.29) is 41.0 Å². The van der Waals surface area contributed by atoms with Crippen LogP contribution >= 0.6 is 0 Å². The predicted molar refractivity (Wildman–Crippen MR) is 108 cm³/mol. The summed E-state index contributed by atoms with van der Waals surface area (Å²) in [6.45, 7) is 11.0. The number of ketones is 1. The normalized spacial score (nSPS) is 56.4. The van der Waals surface area contributed by atoms with Crippen molar-refractivity contribution in [1.29, 1.82) is 0 Å². The number of hydrogen-bond acceptors (Lipinski definition) is 4. The second-order valence-electron chi connectivity index (χ2n) is 11.8. The average molecular weight is 399 g/mol. The maximum Gasteiger partial charge on any atom is 0.302 e. The lowest BCUT2D eigenvalue weighted by Crippen LogP contribution is -2.55. The van der Waals surface area contributed by atoms with E-state index in [2.05, 4.69) is 27.7 Å². The van der Waals surface area contributed by atoms with Gasteiger partial charge in [-0.2, -0.15) is 0 Å². The fraction of sp³-hybridized carbons (Fsp3) is 0.840. The molecule has 6 aliphatic rings. The second-order valence-corrected chi connectivity index (χ2v) is 11.8. The van der Waals surface area contributed by atoms with Crippen molar-refractivity contribution in [3.8, 4) is 0 Å². The Kier molecular flexibility index (Phi) is 3.56. The van der Waals surface area contributed by atoms with Crippen molar-refractivity contribution >= 4 is 11.8 Å². The summed E-state index contributed by atoms with van der Waals surface area (Å²) in [5.41, 5.74) is 1.50. The summed E-state index contributed by atoms with van der Waals surface area (Å²) >= 11 is 0. The minimum atomic E-state index is -0.141. The van der Waals surface area contributed by atoms with Gasteiger partial charge < -0.3 is 9.47 Å². The van der Waals surface area contributed by atoms with Crippen LogP contribution < -0.4 is 0 Å². The number of esters is 1. The molecular weight excluding hydrogens is 364 g/mol. The third-order valence-corrected chi connectivity index (χ3v) is 10.3. The molecule has 0 radical (unpaired) electrons. The zero-order valence-electron chi connectivity index (χ0n) is 18.3. The van der Waals surface area contributed by atoms with Gasteiger partial charge in [-0.25, -0.2) is 0 Å². The Morgan fingerprint density at radius 3 is 2.66 bits per heavy atom. The molecule has 0 amide bonds. The number of rotatable bonds is 2. The van der Waals surface area contributed by atoms with Gasteiger partial charge in [0.2, 0.25) is 0 Å². The summed E-state index contributed by atoms with van der Waals surface area (Å²) in [6, 6.07) is 0. The van der Waals surface area contributed by atoms with E-state index in [1.165, 1.54) is 5.57 Å². The molecule has 0 spiro atoms. The van der Waals surface area contributed by atoms with Crippen LogP contribution in [-0.2, 0) is 19.1 Å².